The predicted octanol–water partition coefficient (Wildman–Crippen LogP) is 3.96. The maximum Gasteiger partial charge on any atom is 0.410 e. The van der Waals surface area contributed by atoms with Gasteiger partial charge in [0.05, 0.1) is 37.4 Å². The average Bonchev–Trinajstić information content (AvgIpc) is 3.23. The van der Waals surface area contributed by atoms with Crippen LogP contribution in [0.25, 0.3) is 0 Å². The Hall–Kier alpha value is -4.92. The summed E-state index contributed by atoms with van der Waals surface area (Å²) in [5, 5.41) is 64.9. The molecule has 0 bridgehead atoms. The molecule has 78 heavy (non-hydrogen) atoms. The molecule has 450 valence electrons. The van der Waals surface area contributed by atoms with Gasteiger partial charge in [-0.05, 0) is 156 Å². The number of alkyl carbamates (subject to hydrolysis) is 4. The molecular weight excluding hydrogens is 1020 g/mol. The lowest BCUT2D eigenvalue weighted by Gasteiger charge is -2.52. The number of amides is 6. The summed E-state index contributed by atoms with van der Waals surface area (Å²) < 4.78 is 46.7. The van der Waals surface area contributed by atoms with E-state index in [9.17, 15) is 49.2 Å². The van der Waals surface area contributed by atoms with E-state index >= 15 is 0 Å². The summed E-state index contributed by atoms with van der Waals surface area (Å²) in [6.45, 7) is 27.2. The summed E-state index contributed by atoms with van der Waals surface area (Å²) in [6.07, 6.45) is -10.2. The van der Waals surface area contributed by atoms with Crippen molar-refractivity contribution in [2.24, 2.45) is 5.92 Å². The van der Waals surface area contributed by atoms with Crippen LogP contribution in [0, 0.1) is 5.92 Å². The first-order valence-corrected chi connectivity index (χ1v) is 26.9. The number of unbranched alkanes of at least 4 members (excludes halogenated alkanes) is 2. The normalized spacial score (nSPS) is 27.3. The number of ether oxygens (including phenoxy) is 8. The van der Waals surface area contributed by atoms with Gasteiger partial charge in [0.1, 0.15) is 63.8 Å². The molecule has 0 aromatic rings. The zero-order chi connectivity index (χ0) is 59.4. The second-order valence-corrected chi connectivity index (χ2v) is 25.5. The molecule has 12 atom stereocenters. The molecule has 0 aromatic heterocycles. The Bertz CT molecular complexity index is 2020. The highest BCUT2D eigenvalue weighted by Gasteiger charge is 2.57. The summed E-state index contributed by atoms with van der Waals surface area (Å²) in [4.78, 5) is 80.3. The van der Waals surface area contributed by atoms with Crippen LogP contribution in [0.15, 0.2) is 11.8 Å². The molecule has 2 fully saturated rings. The first-order chi connectivity index (χ1) is 35.6. The van der Waals surface area contributed by atoms with E-state index in [1.807, 2.05) is 0 Å². The molecule has 25 nitrogen and oxygen atoms in total. The topological polar surface area (TPSA) is 333 Å². The summed E-state index contributed by atoms with van der Waals surface area (Å²) >= 11 is 0. The SMILES string of the molecule is CN(C(=O)OC(C)(C)C)[C@@H]1[C@@H](O)[C@@H](O[C@H]2[C@H](NC(=O)[C@@H](O)CCNC(=O)OC(C)(C)C)C[C@H](NC(=O)OC(C)(C)C)C([C@H]3OC(CNCCCCCNC(=O)OC(C)(C)C)=CC[C@H]3NC(=O)OC(C)(C)C)[C@@H]2O)OC[C@]1(C)O. The van der Waals surface area contributed by atoms with Crippen LogP contribution in [-0.4, -0.2) is 196 Å². The zero-order valence-electron chi connectivity index (χ0n) is 49.2. The van der Waals surface area contributed by atoms with Crippen LogP contribution in [-0.2, 0) is 42.7 Å². The van der Waals surface area contributed by atoms with Gasteiger partial charge in [0.25, 0.3) is 0 Å². The Balaban J connectivity index is 2.08. The van der Waals surface area contributed by atoms with Crippen molar-refractivity contribution in [3.63, 3.8) is 0 Å². The number of hydrogen-bond donors (Lipinski definition) is 10. The third kappa shape index (κ3) is 23.4. The van der Waals surface area contributed by atoms with Crippen LogP contribution in [0.1, 0.15) is 149 Å². The summed E-state index contributed by atoms with van der Waals surface area (Å²) in [5.74, 6) is -1.79. The quantitative estimate of drug-likeness (QED) is 0.0646. The number of rotatable bonds is 19. The molecule has 1 saturated heterocycles. The number of nitrogens with zero attached hydrogens (tertiary/aromatic N) is 1. The molecule has 3 rings (SSSR count). The standard InChI is InChI=1S/C53H95N7O18/c1-48(2,3)74-43(65)55-25-20-18-19-24-54-28-30-21-22-31(58-45(67)76-50(7,8)9)38(72-30)35-32(59-46(68)77-51(10,11)12)27-33(57-41(64)34(61)23-26-56-44(66)75-49(4,5)6)39(36(35)62)73-42-37(63)40(53(16,70)29-71-42)60(17)47(69)78-52(13,14)15/h21,31-40,42,54,61-63,70H,18-20,22-29H2,1-17H3,(H,55,65)(H,56,66)(H,57,64)(H,58,67)(H,59,68)/t31-,32+,33-,34+,35?,36+,37-,38+,39+,40-,42-,53+/m1/s1. The van der Waals surface area contributed by atoms with Crippen LogP contribution in [0.4, 0.5) is 24.0 Å². The number of carbonyl (C=O) groups is 6. The first-order valence-electron chi connectivity index (χ1n) is 26.9. The molecule has 1 unspecified atom stereocenters. The van der Waals surface area contributed by atoms with E-state index in [0.29, 0.717) is 25.3 Å². The van der Waals surface area contributed by atoms with Gasteiger partial charge in [-0.1, -0.05) is 6.42 Å². The van der Waals surface area contributed by atoms with Gasteiger partial charge in [0, 0.05) is 32.1 Å². The Kier molecular flexibility index (Phi) is 24.2. The number of aliphatic hydroxyl groups excluding tert-OH is 3. The highest BCUT2D eigenvalue weighted by molar-refractivity contribution is 5.81. The highest BCUT2D eigenvalue weighted by Crippen LogP contribution is 2.39. The zero-order valence-corrected chi connectivity index (χ0v) is 49.2. The second-order valence-electron chi connectivity index (χ2n) is 25.5. The van der Waals surface area contributed by atoms with Crippen molar-refractivity contribution in [1.29, 1.82) is 0 Å². The van der Waals surface area contributed by atoms with Gasteiger partial charge in [0.2, 0.25) is 5.91 Å². The van der Waals surface area contributed by atoms with Crippen molar-refractivity contribution in [2.75, 3.05) is 39.8 Å². The minimum atomic E-state index is -1.88. The van der Waals surface area contributed by atoms with Crippen molar-refractivity contribution in [3.05, 3.63) is 11.8 Å². The lowest BCUT2D eigenvalue weighted by atomic mass is 9.72. The lowest BCUT2D eigenvalue weighted by molar-refractivity contribution is -0.305. The lowest BCUT2D eigenvalue weighted by Crippen LogP contribution is -2.71. The van der Waals surface area contributed by atoms with Crippen molar-refractivity contribution in [1.82, 2.24) is 36.8 Å². The Morgan fingerprint density at radius 1 is 0.679 bits per heavy atom. The molecule has 25 heteroatoms. The number of likely N-dealkylation sites (N-methyl/N-ethyl adjacent to an activating group) is 1. The summed E-state index contributed by atoms with van der Waals surface area (Å²) in [5.41, 5.74) is -6.18. The number of aliphatic hydroxyl groups is 4. The minimum absolute atomic E-state index is 0.146. The van der Waals surface area contributed by atoms with Gasteiger partial charge in [-0.15, -0.1) is 0 Å². The van der Waals surface area contributed by atoms with E-state index in [-0.39, 0.29) is 32.4 Å². The van der Waals surface area contributed by atoms with E-state index in [2.05, 4.69) is 31.9 Å². The van der Waals surface area contributed by atoms with E-state index in [1.165, 1.54) is 14.0 Å². The van der Waals surface area contributed by atoms with Gasteiger partial charge in [0.15, 0.2) is 6.29 Å². The predicted molar refractivity (Wildman–Crippen MR) is 285 cm³/mol. The average molecular weight is 1120 g/mol. The molecule has 2 aliphatic heterocycles. The Morgan fingerprint density at radius 2 is 1.18 bits per heavy atom. The first kappa shape index (κ1) is 67.4. The van der Waals surface area contributed by atoms with Crippen LogP contribution >= 0.6 is 0 Å². The van der Waals surface area contributed by atoms with Crippen molar-refractivity contribution in [3.8, 4) is 0 Å². The molecule has 3 aliphatic rings. The third-order valence-electron chi connectivity index (χ3n) is 12.1. The molecule has 0 aromatic carbocycles. The third-order valence-corrected chi connectivity index (χ3v) is 12.1. The molecular formula is C53H95N7O18. The number of hydrogen-bond acceptors (Lipinski definition) is 19. The molecule has 2 heterocycles. The molecule has 0 radical (unpaired) electrons. The fourth-order valence-corrected chi connectivity index (χ4v) is 8.99. The number of carbonyl (C=O) groups excluding carboxylic acids is 6. The fraction of sp³-hybridized carbons (Fsp3) is 0.849. The molecule has 1 saturated carbocycles. The van der Waals surface area contributed by atoms with Crippen LogP contribution in [0.5, 0.6) is 0 Å². The Labute approximate surface area is 460 Å². The van der Waals surface area contributed by atoms with Crippen LogP contribution in [0.3, 0.4) is 0 Å². The van der Waals surface area contributed by atoms with Crippen molar-refractivity contribution in [2.45, 2.75) is 244 Å². The minimum Gasteiger partial charge on any atom is -0.491 e. The van der Waals surface area contributed by atoms with E-state index in [1.54, 1.807) is 110 Å². The maximum absolute atomic E-state index is 14.0. The largest absolute Gasteiger partial charge is 0.491 e. The van der Waals surface area contributed by atoms with Crippen LogP contribution in [0.2, 0.25) is 0 Å². The van der Waals surface area contributed by atoms with Gasteiger partial charge < -0.3 is 95.1 Å². The molecule has 0 spiro atoms. The smallest absolute Gasteiger partial charge is 0.410 e. The number of nitrogens with one attached hydrogen (secondary N) is 6. The van der Waals surface area contributed by atoms with Gasteiger partial charge in [-0.25, -0.2) is 24.0 Å². The monoisotopic (exact) mass is 1120 g/mol. The molecule has 10 N–H and O–H groups in total. The van der Waals surface area contributed by atoms with E-state index in [4.69, 9.17) is 37.9 Å². The van der Waals surface area contributed by atoms with Crippen molar-refractivity contribution < 1.29 is 87.1 Å². The Morgan fingerprint density at radius 3 is 1.72 bits per heavy atom. The molecule has 1 aliphatic carbocycles. The fourth-order valence-electron chi connectivity index (χ4n) is 8.99. The summed E-state index contributed by atoms with van der Waals surface area (Å²) in [7, 11) is 1.32. The maximum atomic E-state index is 14.0. The highest BCUT2D eigenvalue weighted by atomic mass is 16.7. The van der Waals surface area contributed by atoms with Crippen LogP contribution < -0.4 is 31.9 Å². The molecule has 6 amide bonds. The van der Waals surface area contributed by atoms with Gasteiger partial charge in [-0.3, -0.25) is 4.79 Å². The van der Waals surface area contributed by atoms with Gasteiger partial charge >= 0.3 is 30.5 Å². The summed E-state index contributed by atoms with van der Waals surface area (Å²) in [6, 6.07) is -4.85. The van der Waals surface area contributed by atoms with Crippen molar-refractivity contribution >= 4 is 36.4 Å². The van der Waals surface area contributed by atoms with Gasteiger partial charge in [-0.2, -0.15) is 0 Å². The van der Waals surface area contributed by atoms with E-state index in [0.717, 1.165) is 17.7 Å². The van der Waals surface area contributed by atoms with E-state index < -0.39 is 143 Å². The second kappa shape index (κ2) is 28.0.